The zero-order valence-electron chi connectivity index (χ0n) is 9.33. The fraction of sp³-hybridized carbons (Fsp3) is 0. The fourth-order valence-corrected chi connectivity index (χ4v) is 2.24. The summed E-state index contributed by atoms with van der Waals surface area (Å²) in [6.07, 6.45) is 0. The van der Waals surface area contributed by atoms with Gasteiger partial charge in [-0.15, -0.1) is 0 Å². The molecule has 2 aromatic rings. The van der Waals surface area contributed by atoms with Crippen LogP contribution in [0.15, 0.2) is 52.3 Å². The van der Waals surface area contributed by atoms with Crippen molar-refractivity contribution < 1.29 is 15.0 Å². The monoisotopic (exact) mass is 261 g/mol. The van der Waals surface area contributed by atoms with Crippen molar-refractivity contribution in [2.45, 2.75) is 9.79 Å². The van der Waals surface area contributed by atoms with Gasteiger partial charge in [-0.05, 0) is 36.4 Å². The summed E-state index contributed by atoms with van der Waals surface area (Å²) >= 11 is 1.34. The molecule has 0 aliphatic heterocycles. The Morgan fingerprint density at radius 3 is 2.33 bits per heavy atom. The van der Waals surface area contributed by atoms with Crippen molar-refractivity contribution in [3.05, 3.63) is 48.0 Å². The second-order valence-electron chi connectivity index (χ2n) is 3.66. The van der Waals surface area contributed by atoms with E-state index < -0.39 is 5.97 Å². The number of carboxylic acids is 1. The van der Waals surface area contributed by atoms with Crippen LogP contribution in [0.4, 0.5) is 5.69 Å². The van der Waals surface area contributed by atoms with Crippen molar-refractivity contribution in [1.29, 1.82) is 0 Å². The summed E-state index contributed by atoms with van der Waals surface area (Å²) in [5.74, 6) is -0.843. The third kappa shape index (κ3) is 2.75. The maximum Gasteiger partial charge on any atom is 0.335 e. The van der Waals surface area contributed by atoms with Crippen LogP contribution in [0.25, 0.3) is 0 Å². The molecule has 0 amide bonds. The van der Waals surface area contributed by atoms with Crippen LogP contribution < -0.4 is 5.73 Å². The highest BCUT2D eigenvalue weighted by molar-refractivity contribution is 7.99. The summed E-state index contributed by atoms with van der Waals surface area (Å²) < 4.78 is 0. The Labute approximate surface area is 108 Å². The van der Waals surface area contributed by atoms with Crippen LogP contribution in [0.2, 0.25) is 0 Å². The number of nitrogens with two attached hydrogens (primary N) is 1. The minimum absolute atomic E-state index is 0.113. The second-order valence-corrected chi connectivity index (χ2v) is 4.77. The average Bonchev–Trinajstić information content (AvgIpc) is 2.33. The molecule has 0 heterocycles. The summed E-state index contributed by atoms with van der Waals surface area (Å²) in [5.41, 5.74) is 6.27. The Balaban J connectivity index is 2.21. The molecule has 2 aromatic carbocycles. The highest BCUT2D eigenvalue weighted by Crippen LogP contribution is 2.35. The predicted octanol–water partition coefficient (Wildman–Crippen LogP) is 2.82. The van der Waals surface area contributed by atoms with E-state index in [4.69, 9.17) is 10.8 Å². The summed E-state index contributed by atoms with van der Waals surface area (Å²) in [5, 5.41) is 18.5. The molecule has 0 fully saturated rings. The van der Waals surface area contributed by atoms with E-state index in [2.05, 4.69) is 0 Å². The van der Waals surface area contributed by atoms with Crippen LogP contribution in [0, 0.1) is 0 Å². The van der Waals surface area contributed by atoms with Gasteiger partial charge in [-0.2, -0.15) is 0 Å². The van der Waals surface area contributed by atoms with Crippen molar-refractivity contribution in [3.63, 3.8) is 0 Å². The number of phenols is 1. The molecule has 18 heavy (non-hydrogen) atoms. The van der Waals surface area contributed by atoms with E-state index in [1.54, 1.807) is 24.3 Å². The summed E-state index contributed by atoms with van der Waals surface area (Å²) in [4.78, 5) is 12.2. The zero-order chi connectivity index (χ0) is 13.1. The maximum absolute atomic E-state index is 10.7. The van der Waals surface area contributed by atoms with Gasteiger partial charge in [0.15, 0.2) is 0 Å². The van der Waals surface area contributed by atoms with E-state index in [9.17, 15) is 9.90 Å². The molecule has 0 atom stereocenters. The van der Waals surface area contributed by atoms with Gasteiger partial charge in [-0.25, -0.2) is 4.79 Å². The molecule has 0 spiro atoms. The maximum atomic E-state index is 10.7. The van der Waals surface area contributed by atoms with Crippen LogP contribution in [0.5, 0.6) is 5.75 Å². The Morgan fingerprint density at radius 2 is 1.78 bits per heavy atom. The molecule has 2 rings (SSSR count). The molecule has 4 nitrogen and oxygen atoms in total. The van der Waals surface area contributed by atoms with Crippen LogP contribution in [0.3, 0.4) is 0 Å². The van der Waals surface area contributed by atoms with Gasteiger partial charge in [0.05, 0.1) is 10.5 Å². The lowest BCUT2D eigenvalue weighted by Gasteiger charge is -2.05. The van der Waals surface area contributed by atoms with Gasteiger partial charge in [-0.1, -0.05) is 11.8 Å². The lowest BCUT2D eigenvalue weighted by atomic mass is 10.2. The Bertz CT molecular complexity index is 581. The first-order valence-corrected chi connectivity index (χ1v) is 5.97. The molecule has 0 radical (unpaired) electrons. The van der Waals surface area contributed by atoms with Gasteiger partial charge in [0.1, 0.15) is 5.75 Å². The minimum Gasteiger partial charge on any atom is -0.507 e. The number of nitrogen functional groups attached to an aromatic ring is 1. The minimum atomic E-state index is -0.957. The Kier molecular flexibility index (Phi) is 3.43. The van der Waals surface area contributed by atoms with Gasteiger partial charge in [0.2, 0.25) is 0 Å². The van der Waals surface area contributed by atoms with Crippen LogP contribution in [-0.2, 0) is 0 Å². The molecule has 0 aromatic heterocycles. The summed E-state index contributed by atoms with van der Waals surface area (Å²) in [7, 11) is 0. The van der Waals surface area contributed by atoms with Gasteiger partial charge in [0, 0.05) is 16.6 Å². The predicted molar refractivity (Wildman–Crippen MR) is 70.0 cm³/mol. The van der Waals surface area contributed by atoms with Gasteiger partial charge >= 0.3 is 5.97 Å². The molecular formula is C13H11NO3S. The van der Waals surface area contributed by atoms with Crippen molar-refractivity contribution >= 4 is 23.4 Å². The smallest absolute Gasteiger partial charge is 0.335 e. The quantitative estimate of drug-likeness (QED) is 0.740. The van der Waals surface area contributed by atoms with E-state index in [0.29, 0.717) is 10.6 Å². The number of carbonyl (C=O) groups is 1. The van der Waals surface area contributed by atoms with Crippen LogP contribution >= 0.6 is 11.8 Å². The standard InChI is InChI=1S/C13H11NO3S/c14-9-3-6-12(11(15)7-9)18-10-4-1-8(2-5-10)13(16)17/h1-7,15H,14H2,(H,16,17). The molecule has 0 aliphatic rings. The number of benzene rings is 2. The zero-order valence-corrected chi connectivity index (χ0v) is 10.1. The number of aromatic carboxylic acids is 1. The Morgan fingerprint density at radius 1 is 1.11 bits per heavy atom. The molecule has 4 N–H and O–H groups in total. The third-order valence-corrected chi connectivity index (χ3v) is 3.39. The van der Waals surface area contributed by atoms with Crippen molar-refractivity contribution in [3.8, 4) is 5.75 Å². The number of hydrogen-bond donors (Lipinski definition) is 3. The average molecular weight is 261 g/mol. The third-order valence-electron chi connectivity index (χ3n) is 2.31. The molecule has 0 bridgehead atoms. The Hall–Kier alpha value is -2.14. The highest BCUT2D eigenvalue weighted by Gasteiger charge is 2.06. The van der Waals surface area contributed by atoms with E-state index in [-0.39, 0.29) is 11.3 Å². The van der Waals surface area contributed by atoms with Crippen LogP contribution in [-0.4, -0.2) is 16.2 Å². The normalized spacial score (nSPS) is 10.2. The molecule has 0 aliphatic carbocycles. The van der Waals surface area contributed by atoms with E-state index >= 15 is 0 Å². The molecule has 0 saturated carbocycles. The lowest BCUT2D eigenvalue weighted by Crippen LogP contribution is -1.94. The number of carboxylic acid groups (broad SMARTS) is 1. The first-order valence-electron chi connectivity index (χ1n) is 5.16. The van der Waals surface area contributed by atoms with E-state index in [1.165, 1.54) is 30.0 Å². The number of phenolic OH excluding ortho intramolecular Hbond substituents is 1. The highest BCUT2D eigenvalue weighted by atomic mass is 32.2. The fourth-order valence-electron chi connectivity index (χ4n) is 1.41. The van der Waals surface area contributed by atoms with Crippen LogP contribution in [0.1, 0.15) is 10.4 Å². The van der Waals surface area contributed by atoms with Gasteiger partial charge in [-0.3, -0.25) is 0 Å². The molecule has 0 unspecified atom stereocenters. The number of hydrogen-bond acceptors (Lipinski definition) is 4. The van der Waals surface area contributed by atoms with Gasteiger partial charge in [0.25, 0.3) is 0 Å². The van der Waals surface area contributed by atoms with Crippen molar-refractivity contribution in [2.75, 3.05) is 5.73 Å². The second kappa shape index (κ2) is 5.01. The number of anilines is 1. The molecule has 0 saturated heterocycles. The number of rotatable bonds is 3. The van der Waals surface area contributed by atoms with E-state index in [0.717, 1.165) is 4.90 Å². The first kappa shape index (κ1) is 12.3. The van der Waals surface area contributed by atoms with Crippen molar-refractivity contribution in [2.24, 2.45) is 0 Å². The van der Waals surface area contributed by atoms with E-state index in [1.807, 2.05) is 0 Å². The molecule has 5 heteroatoms. The molecule has 92 valence electrons. The SMILES string of the molecule is Nc1ccc(Sc2ccc(C(=O)O)cc2)c(O)c1. The largest absolute Gasteiger partial charge is 0.507 e. The van der Waals surface area contributed by atoms with Crippen molar-refractivity contribution in [1.82, 2.24) is 0 Å². The lowest BCUT2D eigenvalue weighted by molar-refractivity contribution is 0.0697. The summed E-state index contributed by atoms with van der Waals surface area (Å²) in [6.45, 7) is 0. The topological polar surface area (TPSA) is 83.6 Å². The van der Waals surface area contributed by atoms with Gasteiger partial charge < -0.3 is 15.9 Å². The molecular weight excluding hydrogens is 250 g/mol. The first-order chi connectivity index (χ1) is 8.56. The summed E-state index contributed by atoms with van der Waals surface area (Å²) in [6, 6.07) is 11.4. The number of aromatic hydroxyl groups is 1.